The van der Waals surface area contributed by atoms with Crippen LogP contribution in [0.4, 0.5) is 0 Å². The average molecular weight is 415 g/mol. The summed E-state index contributed by atoms with van der Waals surface area (Å²) in [6.07, 6.45) is 22.7. The number of carbonyl (C=O) groups is 1. The number of ether oxygens (including phenoxy) is 1. The molecular formula is C22H39BrO2. The quantitative estimate of drug-likeness (QED) is 0.0761. The van der Waals surface area contributed by atoms with Crippen molar-refractivity contribution in [3.05, 3.63) is 24.3 Å². The number of unbranched alkanes of at least 4 members (excludes halogenated alkanes) is 12. The van der Waals surface area contributed by atoms with Crippen LogP contribution in [-0.2, 0) is 9.53 Å². The average Bonchev–Trinajstić information content (AvgIpc) is 2.63. The van der Waals surface area contributed by atoms with Crippen LogP contribution < -0.4 is 0 Å². The molecule has 146 valence electrons. The molecule has 0 aliphatic rings. The van der Waals surface area contributed by atoms with E-state index < -0.39 is 0 Å². The van der Waals surface area contributed by atoms with Crippen LogP contribution in [0.2, 0.25) is 0 Å². The summed E-state index contributed by atoms with van der Waals surface area (Å²) in [5.74, 6) is -0.273. The molecule has 0 aliphatic carbocycles. The first kappa shape index (κ1) is 24.4. The van der Waals surface area contributed by atoms with Crippen LogP contribution in [0.5, 0.6) is 0 Å². The summed E-state index contributed by atoms with van der Waals surface area (Å²) in [5.41, 5.74) is 0.490. The maximum Gasteiger partial charge on any atom is 0.334 e. The number of allylic oxidation sites excluding steroid dienone is 2. The fourth-order valence-electron chi connectivity index (χ4n) is 2.67. The highest BCUT2D eigenvalue weighted by molar-refractivity contribution is 9.09. The lowest BCUT2D eigenvalue weighted by atomic mass is 10.1. The second kappa shape index (κ2) is 19.8. The predicted molar refractivity (Wildman–Crippen MR) is 113 cm³/mol. The molecule has 0 N–H and O–H groups in total. The Morgan fingerprint density at radius 3 is 1.84 bits per heavy atom. The summed E-state index contributed by atoms with van der Waals surface area (Å²) >= 11 is 3.20. The van der Waals surface area contributed by atoms with E-state index in [4.69, 9.17) is 4.74 Å². The molecule has 0 spiro atoms. The molecule has 0 aromatic heterocycles. The number of rotatable bonds is 18. The van der Waals surface area contributed by atoms with Crippen molar-refractivity contribution >= 4 is 21.9 Å². The molecule has 25 heavy (non-hydrogen) atoms. The van der Waals surface area contributed by atoms with Gasteiger partial charge in [0.2, 0.25) is 0 Å². The van der Waals surface area contributed by atoms with E-state index in [1.165, 1.54) is 77.0 Å². The maximum atomic E-state index is 11.4. The van der Waals surface area contributed by atoms with Crippen LogP contribution in [0, 0.1) is 0 Å². The topological polar surface area (TPSA) is 26.3 Å². The fourth-order valence-corrected chi connectivity index (χ4v) is 2.90. The monoisotopic (exact) mass is 414 g/mol. The molecule has 0 atom stereocenters. The summed E-state index contributed by atoms with van der Waals surface area (Å²) in [4.78, 5) is 11.4. The highest BCUT2D eigenvalue weighted by atomic mass is 79.9. The predicted octanol–water partition coefficient (Wildman–Crippen LogP) is 7.52. The molecule has 2 nitrogen and oxygen atoms in total. The second-order valence-corrected chi connectivity index (χ2v) is 7.37. The van der Waals surface area contributed by atoms with Crippen LogP contribution in [0.15, 0.2) is 24.3 Å². The molecule has 3 heteroatoms. The van der Waals surface area contributed by atoms with Crippen LogP contribution in [0.3, 0.4) is 0 Å². The van der Waals surface area contributed by atoms with Gasteiger partial charge < -0.3 is 4.74 Å². The molecular weight excluding hydrogens is 376 g/mol. The molecule has 0 unspecified atom stereocenters. The van der Waals surface area contributed by atoms with Crippen molar-refractivity contribution in [1.29, 1.82) is 0 Å². The molecule has 0 saturated carbocycles. The summed E-state index contributed by atoms with van der Waals surface area (Å²) in [6, 6.07) is 0. The zero-order valence-electron chi connectivity index (χ0n) is 16.4. The lowest BCUT2D eigenvalue weighted by Crippen LogP contribution is -2.08. The zero-order chi connectivity index (χ0) is 18.6. The summed E-state index contributed by atoms with van der Waals surface area (Å²) in [5, 5.41) is 0.485. The number of carbonyl (C=O) groups excluding carboxylic acids is 1. The van der Waals surface area contributed by atoms with Crippen LogP contribution in [0.1, 0.15) is 96.8 Å². The van der Waals surface area contributed by atoms with E-state index in [9.17, 15) is 4.79 Å². The van der Waals surface area contributed by atoms with Crippen molar-refractivity contribution in [1.82, 2.24) is 0 Å². The highest BCUT2D eigenvalue weighted by Gasteiger charge is 2.05. The van der Waals surface area contributed by atoms with Gasteiger partial charge >= 0.3 is 5.97 Å². The molecule has 0 fully saturated rings. The smallest absolute Gasteiger partial charge is 0.334 e. The lowest BCUT2D eigenvalue weighted by molar-refractivity contribution is -0.138. The lowest BCUT2D eigenvalue weighted by Gasteiger charge is -2.05. The Labute approximate surface area is 164 Å². The van der Waals surface area contributed by atoms with Crippen LogP contribution in [0.25, 0.3) is 0 Å². The minimum absolute atomic E-state index is 0.273. The summed E-state index contributed by atoms with van der Waals surface area (Å²) in [6.45, 7) is 6.43. The zero-order valence-corrected chi connectivity index (χ0v) is 18.0. The van der Waals surface area contributed by atoms with Crippen molar-refractivity contribution in [3.8, 4) is 0 Å². The third-order valence-corrected chi connectivity index (χ3v) is 5.02. The van der Waals surface area contributed by atoms with E-state index in [0.717, 1.165) is 12.8 Å². The second-order valence-electron chi connectivity index (χ2n) is 6.81. The Hall–Kier alpha value is -0.570. The molecule has 0 aliphatic heterocycles. The molecule has 0 rings (SSSR count). The van der Waals surface area contributed by atoms with Crippen molar-refractivity contribution in [3.63, 3.8) is 0 Å². The van der Waals surface area contributed by atoms with Gasteiger partial charge in [0, 0.05) is 10.9 Å². The molecule has 0 amide bonds. The third-order valence-electron chi connectivity index (χ3n) is 4.34. The van der Waals surface area contributed by atoms with Gasteiger partial charge in [0.15, 0.2) is 0 Å². The Morgan fingerprint density at radius 1 is 0.840 bits per heavy atom. The molecule has 0 radical (unpaired) electrons. The Morgan fingerprint density at radius 2 is 1.32 bits per heavy atom. The van der Waals surface area contributed by atoms with Gasteiger partial charge in [0.05, 0.1) is 6.61 Å². The first-order valence-corrected chi connectivity index (χ1v) is 11.4. The number of alkyl halides is 1. The van der Waals surface area contributed by atoms with E-state index in [1.807, 2.05) is 0 Å². The van der Waals surface area contributed by atoms with E-state index in [0.29, 0.717) is 17.5 Å². The fraction of sp³-hybridized carbons (Fsp3) is 0.773. The molecule has 0 aromatic rings. The first-order valence-electron chi connectivity index (χ1n) is 10.3. The molecule has 0 saturated heterocycles. The molecule has 0 bridgehead atoms. The van der Waals surface area contributed by atoms with Crippen molar-refractivity contribution in [2.45, 2.75) is 96.8 Å². The van der Waals surface area contributed by atoms with Gasteiger partial charge in [-0.05, 0) is 32.1 Å². The minimum atomic E-state index is -0.273. The van der Waals surface area contributed by atoms with Crippen molar-refractivity contribution in [2.75, 3.05) is 11.9 Å². The summed E-state index contributed by atoms with van der Waals surface area (Å²) in [7, 11) is 0. The standard InChI is InChI=1S/C22H39BrO2/c1-3-4-5-6-7-8-9-10-11-12-13-14-15-16-17-18-19-25-22(24)21(2)20-23/h10-11H,2-9,12-20H2,1H3/b11-10-. The molecule has 0 heterocycles. The van der Waals surface area contributed by atoms with Gasteiger partial charge in [0.1, 0.15) is 0 Å². The Balaban J connectivity index is 3.19. The van der Waals surface area contributed by atoms with Gasteiger partial charge in [0.25, 0.3) is 0 Å². The van der Waals surface area contributed by atoms with Gasteiger partial charge in [-0.15, -0.1) is 0 Å². The van der Waals surface area contributed by atoms with Gasteiger partial charge in [-0.2, -0.15) is 0 Å². The van der Waals surface area contributed by atoms with Gasteiger partial charge in [-0.3, -0.25) is 0 Å². The molecule has 0 aromatic carbocycles. The Kier molecular flexibility index (Phi) is 19.3. The Bertz CT molecular complexity index is 350. The minimum Gasteiger partial charge on any atom is -0.462 e. The number of halogens is 1. The van der Waals surface area contributed by atoms with Crippen LogP contribution in [-0.4, -0.2) is 17.9 Å². The van der Waals surface area contributed by atoms with Gasteiger partial charge in [-0.25, -0.2) is 4.79 Å². The number of hydrogen-bond acceptors (Lipinski definition) is 2. The van der Waals surface area contributed by atoms with E-state index in [2.05, 4.69) is 41.6 Å². The number of esters is 1. The van der Waals surface area contributed by atoms with E-state index >= 15 is 0 Å². The number of hydrogen-bond donors (Lipinski definition) is 0. The SMILES string of the molecule is C=C(CBr)C(=O)OCCCCCCCC/C=C\CCCCCCCC. The summed E-state index contributed by atoms with van der Waals surface area (Å²) < 4.78 is 5.14. The first-order chi connectivity index (χ1) is 12.2. The highest BCUT2D eigenvalue weighted by Crippen LogP contribution is 2.10. The van der Waals surface area contributed by atoms with E-state index in [1.54, 1.807) is 0 Å². The third kappa shape index (κ3) is 18.0. The van der Waals surface area contributed by atoms with Crippen molar-refractivity contribution < 1.29 is 9.53 Å². The van der Waals surface area contributed by atoms with Crippen LogP contribution >= 0.6 is 15.9 Å². The van der Waals surface area contributed by atoms with Crippen molar-refractivity contribution in [2.24, 2.45) is 0 Å². The van der Waals surface area contributed by atoms with Gasteiger partial charge in [-0.1, -0.05) is 99.4 Å². The maximum absolute atomic E-state index is 11.4. The van der Waals surface area contributed by atoms with E-state index in [-0.39, 0.29) is 5.97 Å². The largest absolute Gasteiger partial charge is 0.462 e. The normalized spacial score (nSPS) is 11.1.